The van der Waals surface area contributed by atoms with Crippen LogP contribution in [0.5, 0.6) is 5.75 Å². The molecule has 0 aliphatic carbocycles. The molecule has 0 bridgehead atoms. The number of hydrogen-bond donors (Lipinski definition) is 2. The molecule has 2 heterocycles. The average molecular weight is 338 g/mol. The van der Waals surface area contributed by atoms with Gasteiger partial charge in [0.05, 0.1) is 19.3 Å². The zero-order valence-electron chi connectivity index (χ0n) is 13.7. The summed E-state index contributed by atoms with van der Waals surface area (Å²) in [6, 6.07) is 14.0. The Balaban J connectivity index is 1.80. The fourth-order valence-corrected chi connectivity index (χ4v) is 2.44. The number of amides is 2. The predicted octanol–water partition coefficient (Wildman–Crippen LogP) is 2.67. The molecular weight excluding hydrogens is 320 g/mol. The van der Waals surface area contributed by atoms with Gasteiger partial charge in [-0.05, 0) is 18.2 Å². The summed E-state index contributed by atoms with van der Waals surface area (Å²) in [7, 11) is 1.60. The minimum Gasteiger partial charge on any atom is -0.496 e. The Hall–Kier alpha value is -3.35. The zero-order valence-corrected chi connectivity index (χ0v) is 13.7. The molecule has 2 aromatic heterocycles. The number of nitrogens with zero attached hydrogens (tertiary/aromatic N) is 2. The molecule has 128 valence electrons. The number of urea groups is 1. The number of pyridine rings is 1. The van der Waals surface area contributed by atoms with Crippen LogP contribution in [0.2, 0.25) is 0 Å². The normalized spacial score (nSPS) is 11.6. The number of ether oxygens (including phenoxy) is 1. The number of para-hydroxylation sites is 1. The summed E-state index contributed by atoms with van der Waals surface area (Å²) in [5, 5.41) is 9.45. The fourth-order valence-electron chi connectivity index (χ4n) is 2.44. The highest BCUT2D eigenvalue weighted by Gasteiger charge is 2.21. The van der Waals surface area contributed by atoms with E-state index >= 15 is 0 Å². The van der Waals surface area contributed by atoms with Gasteiger partial charge < -0.3 is 19.9 Å². The van der Waals surface area contributed by atoms with E-state index in [1.54, 1.807) is 19.4 Å². The van der Waals surface area contributed by atoms with E-state index in [4.69, 9.17) is 9.26 Å². The van der Waals surface area contributed by atoms with Crippen LogP contribution < -0.4 is 15.4 Å². The van der Waals surface area contributed by atoms with Gasteiger partial charge in [-0.1, -0.05) is 29.4 Å². The molecule has 1 aromatic carbocycles. The minimum absolute atomic E-state index is 0.267. The summed E-state index contributed by atoms with van der Waals surface area (Å²) >= 11 is 0. The summed E-state index contributed by atoms with van der Waals surface area (Å²) in [6.07, 6.45) is 3.15. The first-order valence-corrected chi connectivity index (χ1v) is 7.75. The van der Waals surface area contributed by atoms with Crippen LogP contribution in [0.1, 0.15) is 23.0 Å². The van der Waals surface area contributed by atoms with Gasteiger partial charge in [-0.3, -0.25) is 4.98 Å². The highest BCUT2D eigenvalue weighted by molar-refractivity contribution is 5.75. The van der Waals surface area contributed by atoms with E-state index in [2.05, 4.69) is 20.8 Å². The van der Waals surface area contributed by atoms with Crippen molar-refractivity contribution in [3.63, 3.8) is 0 Å². The first-order valence-electron chi connectivity index (χ1n) is 7.75. The number of carbonyl (C=O) groups is 1. The van der Waals surface area contributed by atoms with E-state index in [-0.39, 0.29) is 12.6 Å². The van der Waals surface area contributed by atoms with E-state index in [1.807, 2.05) is 42.5 Å². The Morgan fingerprint density at radius 3 is 2.76 bits per heavy atom. The third-order valence-electron chi connectivity index (χ3n) is 3.63. The molecule has 0 spiro atoms. The standard InChI is InChI=1S/C18H18N4O3/c1-24-16-8-3-2-6-14(16)17(15-7-4-5-10-19-15)21-18(23)20-12-13-9-11-25-22-13/h2-11,17H,12H2,1H3,(H2,20,21,23)/t17-/m1/s1. The number of nitrogens with one attached hydrogen (secondary N) is 2. The van der Waals surface area contributed by atoms with Crippen molar-refractivity contribution in [3.8, 4) is 5.75 Å². The van der Waals surface area contributed by atoms with Gasteiger partial charge in [0.15, 0.2) is 0 Å². The molecule has 0 aliphatic rings. The van der Waals surface area contributed by atoms with E-state index < -0.39 is 6.04 Å². The molecule has 7 heteroatoms. The second-order valence-corrected chi connectivity index (χ2v) is 5.25. The van der Waals surface area contributed by atoms with E-state index in [0.717, 1.165) is 5.56 Å². The summed E-state index contributed by atoms with van der Waals surface area (Å²) in [5.74, 6) is 0.676. The first kappa shape index (κ1) is 16.5. The number of aromatic nitrogens is 2. The van der Waals surface area contributed by atoms with E-state index in [0.29, 0.717) is 17.1 Å². The van der Waals surface area contributed by atoms with Crippen molar-refractivity contribution in [2.45, 2.75) is 12.6 Å². The fraction of sp³-hybridized carbons (Fsp3) is 0.167. The molecule has 2 amide bonds. The number of carbonyl (C=O) groups excluding carboxylic acids is 1. The molecule has 7 nitrogen and oxygen atoms in total. The van der Waals surface area contributed by atoms with Gasteiger partial charge in [0.25, 0.3) is 0 Å². The summed E-state index contributed by atoms with van der Waals surface area (Å²) < 4.78 is 10.2. The Kier molecular flexibility index (Phi) is 5.26. The molecule has 0 saturated heterocycles. The van der Waals surface area contributed by atoms with E-state index in [1.165, 1.54) is 6.26 Å². The summed E-state index contributed by atoms with van der Waals surface area (Å²) in [6.45, 7) is 0.267. The van der Waals surface area contributed by atoms with Crippen LogP contribution in [0.3, 0.4) is 0 Å². The molecule has 0 fully saturated rings. The second-order valence-electron chi connectivity index (χ2n) is 5.25. The highest BCUT2D eigenvalue weighted by atomic mass is 16.5. The molecule has 0 unspecified atom stereocenters. The van der Waals surface area contributed by atoms with Crippen LogP contribution >= 0.6 is 0 Å². The maximum absolute atomic E-state index is 12.3. The lowest BCUT2D eigenvalue weighted by molar-refractivity contribution is 0.237. The van der Waals surface area contributed by atoms with Crippen molar-refractivity contribution in [1.29, 1.82) is 0 Å². The summed E-state index contributed by atoms with van der Waals surface area (Å²) in [5.41, 5.74) is 2.17. The van der Waals surface area contributed by atoms with Crippen molar-refractivity contribution in [1.82, 2.24) is 20.8 Å². The molecule has 0 radical (unpaired) electrons. The number of hydrogen-bond acceptors (Lipinski definition) is 5. The van der Waals surface area contributed by atoms with Crippen LogP contribution in [0.25, 0.3) is 0 Å². The Morgan fingerprint density at radius 2 is 2.04 bits per heavy atom. The van der Waals surface area contributed by atoms with Gasteiger partial charge in [0, 0.05) is 17.8 Å². The average Bonchev–Trinajstić information content (AvgIpc) is 3.19. The monoisotopic (exact) mass is 338 g/mol. The SMILES string of the molecule is COc1ccccc1[C@@H](NC(=O)NCc1ccon1)c1ccccn1. The number of methoxy groups -OCH3 is 1. The zero-order chi connectivity index (χ0) is 17.5. The molecule has 3 rings (SSSR count). The number of benzene rings is 1. The van der Waals surface area contributed by atoms with Gasteiger partial charge in [0.1, 0.15) is 23.7 Å². The molecular formula is C18H18N4O3. The maximum Gasteiger partial charge on any atom is 0.315 e. The van der Waals surface area contributed by atoms with Crippen molar-refractivity contribution in [3.05, 3.63) is 77.9 Å². The Labute approximate surface area is 145 Å². The highest BCUT2D eigenvalue weighted by Crippen LogP contribution is 2.28. The lowest BCUT2D eigenvalue weighted by Crippen LogP contribution is -2.38. The van der Waals surface area contributed by atoms with Crippen molar-refractivity contribution in [2.24, 2.45) is 0 Å². The molecule has 3 aromatic rings. The predicted molar refractivity (Wildman–Crippen MR) is 90.9 cm³/mol. The van der Waals surface area contributed by atoms with Gasteiger partial charge in [-0.2, -0.15) is 0 Å². The van der Waals surface area contributed by atoms with Gasteiger partial charge in [0.2, 0.25) is 0 Å². The largest absolute Gasteiger partial charge is 0.496 e. The van der Waals surface area contributed by atoms with Crippen LogP contribution in [-0.4, -0.2) is 23.3 Å². The lowest BCUT2D eigenvalue weighted by Gasteiger charge is -2.21. The maximum atomic E-state index is 12.3. The van der Waals surface area contributed by atoms with Gasteiger partial charge >= 0.3 is 6.03 Å². The quantitative estimate of drug-likeness (QED) is 0.721. The van der Waals surface area contributed by atoms with Gasteiger partial charge in [-0.15, -0.1) is 0 Å². The smallest absolute Gasteiger partial charge is 0.315 e. The summed E-state index contributed by atoms with van der Waals surface area (Å²) in [4.78, 5) is 16.7. The second kappa shape index (κ2) is 7.96. The molecule has 0 saturated carbocycles. The topological polar surface area (TPSA) is 89.3 Å². The molecule has 1 atom stereocenters. The molecule has 25 heavy (non-hydrogen) atoms. The van der Waals surface area contributed by atoms with E-state index in [9.17, 15) is 4.79 Å². The van der Waals surface area contributed by atoms with Crippen molar-refractivity contribution >= 4 is 6.03 Å². The first-order chi connectivity index (χ1) is 12.3. The third kappa shape index (κ3) is 4.14. The van der Waals surface area contributed by atoms with Crippen LogP contribution in [0.4, 0.5) is 4.79 Å². The Bertz CT molecular complexity index is 806. The third-order valence-corrected chi connectivity index (χ3v) is 3.63. The van der Waals surface area contributed by atoms with Crippen molar-refractivity contribution < 1.29 is 14.1 Å². The van der Waals surface area contributed by atoms with Crippen LogP contribution in [0.15, 0.2) is 65.5 Å². The molecule has 2 N–H and O–H groups in total. The Morgan fingerprint density at radius 1 is 1.20 bits per heavy atom. The number of rotatable bonds is 6. The van der Waals surface area contributed by atoms with Crippen LogP contribution in [-0.2, 0) is 6.54 Å². The minimum atomic E-state index is -0.449. The molecule has 0 aliphatic heterocycles. The lowest BCUT2D eigenvalue weighted by atomic mass is 10.0. The van der Waals surface area contributed by atoms with Crippen molar-refractivity contribution in [2.75, 3.05) is 7.11 Å². The van der Waals surface area contributed by atoms with Crippen LogP contribution in [0, 0.1) is 0 Å². The van der Waals surface area contributed by atoms with Gasteiger partial charge in [-0.25, -0.2) is 4.79 Å².